The summed E-state index contributed by atoms with van der Waals surface area (Å²) in [6.07, 6.45) is 1.42. The van der Waals surface area contributed by atoms with Gasteiger partial charge in [0.1, 0.15) is 11.6 Å². The molecule has 0 atom stereocenters. The Morgan fingerprint density at radius 3 is 2.70 bits per heavy atom. The van der Waals surface area contributed by atoms with Crippen molar-refractivity contribution in [3.63, 3.8) is 0 Å². The predicted octanol–water partition coefficient (Wildman–Crippen LogP) is 3.78. The third-order valence-electron chi connectivity index (χ3n) is 3.21. The maximum atomic E-state index is 12.2. The maximum absolute atomic E-state index is 12.2. The van der Waals surface area contributed by atoms with Crippen LogP contribution >= 0.6 is 11.6 Å². The minimum atomic E-state index is -0.474. The Hall–Kier alpha value is -2.77. The van der Waals surface area contributed by atoms with Crippen LogP contribution in [-0.4, -0.2) is 5.91 Å². The molecule has 0 spiro atoms. The Kier molecular flexibility index (Phi) is 5.79. The van der Waals surface area contributed by atoms with E-state index in [2.05, 4.69) is 10.6 Å². The molecule has 0 saturated heterocycles. The molecule has 4 nitrogen and oxygen atoms in total. The van der Waals surface area contributed by atoms with E-state index in [1.807, 2.05) is 43.3 Å². The number of rotatable bonds is 5. The van der Waals surface area contributed by atoms with Crippen molar-refractivity contribution < 1.29 is 4.79 Å². The zero-order chi connectivity index (χ0) is 16.7. The van der Waals surface area contributed by atoms with Gasteiger partial charge in [-0.2, -0.15) is 5.26 Å². The van der Waals surface area contributed by atoms with Gasteiger partial charge in [-0.3, -0.25) is 4.79 Å². The highest BCUT2D eigenvalue weighted by Crippen LogP contribution is 2.20. The Bertz CT molecular complexity index is 764. The van der Waals surface area contributed by atoms with Crippen molar-refractivity contribution in [2.24, 2.45) is 0 Å². The van der Waals surface area contributed by atoms with Crippen LogP contribution in [0.2, 0.25) is 5.02 Å². The summed E-state index contributed by atoms with van der Waals surface area (Å²) in [6, 6.07) is 16.8. The van der Waals surface area contributed by atoms with Gasteiger partial charge in [0.25, 0.3) is 5.91 Å². The van der Waals surface area contributed by atoms with Gasteiger partial charge in [-0.1, -0.05) is 48.0 Å². The van der Waals surface area contributed by atoms with Crippen molar-refractivity contribution >= 4 is 23.2 Å². The molecular weight excluding hydrogens is 310 g/mol. The summed E-state index contributed by atoms with van der Waals surface area (Å²) in [5.74, 6) is -0.474. The van der Waals surface area contributed by atoms with Gasteiger partial charge in [0.2, 0.25) is 0 Å². The summed E-state index contributed by atoms with van der Waals surface area (Å²) in [4.78, 5) is 12.2. The average molecular weight is 326 g/mol. The molecule has 0 aliphatic heterocycles. The SMILES string of the molecule is Cc1ccc(Cl)cc1NC(=O)/C(C#N)=C\NCc1ccccc1. The number of hydrogen-bond donors (Lipinski definition) is 2. The van der Waals surface area contributed by atoms with Crippen LogP contribution < -0.4 is 10.6 Å². The minimum Gasteiger partial charge on any atom is -0.386 e. The van der Waals surface area contributed by atoms with Crippen LogP contribution in [-0.2, 0) is 11.3 Å². The van der Waals surface area contributed by atoms with E-state index in [1.54, 1.807) is 18.2 Å². The molecule has 2 N–H and O–H groups in total. The van der Waals surface area contributed by atoms with E-state index in [4.69, 9.17) is 16.9 Å². The van der Waals surface area contributed by atoms with Crippen LogP contribution in [0, 0.1) is 18.3 Å². The second kappa shape index (κ2) is 8.02. The lowest BCUT2D eigenvalue weighted by Crippen LogP contribution is -2.17. The Morgan fingerprint density at radius 2 is 2.00 bits per heavy atom. The molecule has 5 heteroatoms. The predicted molar refractivity (Wildman–Crippen MR) is 91.8 cm³/mol. The van der Waals surface area contributed by atoms with Gasteiger partial charge in [0.15, 0.2) is 0 Å². The third kappa shape index (κ3) is 4.87. The number of hydrogen-bond acceptors (Lipinski definition) is 3. The fourth-order valence-corrected chi connectivity index (χ4v) is 2.11. The molecule has 116 valence electrons. The van der Waals surface area contributed by atoms with Crippen molar-refractivity contribution in [3.8, 4) is 6.07 Å². The molecule has 0 radical (unpaired) electrons. The van der Waals surface area contributed by atoms with Gasteiger partial charge in [-0.05, 0) is 30.2 Å². The van der Waals surface area contributed by atoms with Gasteiger partial charge < -0.3 is 10.6 Å². The first-order chi connectivity index (χ1) is 11.1. The minimum absolute atomic E-state index is 0.000284. The zero-order valence-corrected chi connectivity index (χ0v) is 13.4. The number of nitriles is 1. The summed E-state index contributed by atoms with van der Waals surface area (Å²) in [7, 11) is 0. The monoisotopic (exact) mass is 325 g/mol. The van der Waals surface area contributed by atoms with E-state index in [1.165, 1.54) is 6.20 Å². The van der Waals surface area contributed by atoms with Crippen molar-refractivity contribution in [1.82, 2.24) is 5.32 Å². The number of amides is 1. The molecule has 2 aromatic rings. The van der Waals surface area contributed by atoms with Gasteiger partial charge in [-0.25, -0.2) is 0 Å². The summed E-state index contributed by atoms with van der Waals surface area (Å²) in [5.41, 5.74) is 2.52. The lowest BCUT2D eigenvalue weighted by atomic mass is 10.2. The Morgan fingerprint density at radius 1 is 1.26 bits per heavy atom. The summed E-state index contributed by atoms with van der Waals surface area (Å²) in [6.45, 7) is 2.39. The molecule has 0 aliphatic carbocycles. The van der Waals surface area contributed by atoms with Crippen LogP contribution in [0.3, 0.4) is 0 Å². The van der Waals surface area contributed by atoms with E-state index >= 15 is 0 Å². The highest BCUT2D eigenvalue weighted by Gasteiger charge is 2.10. The molecule has 0 heterocycles. The Balaban J connectivity index is 2.02. The molecular formula is C18H16ClN3O. The van der Waals surface area contributed by atoms with Crippen molar-refractivity contribution in [3.05, 3.63) is 76.5 Å². The first-order valence-corrected chi connectivity index (χ1v) is 7.43. The van der Waals surface area contributed by atoms with Gasteiger partial charge in [0, 0.05) is 23.5 Å². The van der Waals surface area contributed by atoms with E-state index in [0.29, 0.717) is 17.3 Å². The number of anilines is 1. The van der Waals surface area contributed by atoms with Crippen LogP contribution in [0.5, 0.6) is 0 Å². The number of carbonyl (C=O) groups is 1. The van der Waals surface area contributed by atoms with Gasteiger partial charge >= 0.3 is 0 Å². The van der Waals surface area contributed by atoms with E-state index in [0.717, 1.165) is 11.1 Å². The fourth-order valence-electron chi connectivity index (χ4n) is 1.93. The highest BCUT2D eigenvalue weighted by atomic mass is 35.5. The normalized spacial score (nSPS) is 10.7. The number of benzene rings is 2. The molecule has 0 bridgehead atoms. The summed E-state index contributed by atoms with van der Waals surface area (Å²) in [5, 5.41) is 15.3. The quantitative estimate of drug-likeness (QED) is 0.649. The van der Waals surface area contributed by atoms with Crippen LogP contribution in [0.1, 0.15) is 11.1 Å². The molecule has 0 saturated carbocycles. The molecule has 0 aromatic heterocycles. The number of aryl methyl sites for hydroxylation is 1. The molecule has 2 rings (SSSR count). The first kappa shape index (κ1) is 16.6. The molecule has 0 aliphatic rings. The van der Waals surface area contributed by atoms with Crippen LogP contribution in [0.25, 0.3) is 0 Å². The number of carbonyl (C=O) groups excluding carboxylic acids is 1. The maximum Gasteiger partial charge on any atom is 0.267 e. The first-order valence-electron chi connectivity index (χ1n) is 7.05. The largest absolute Gasteiger partial charge is 0.386 e. The molecule has 2 aromatic carbocycles. The fraction of sp³-hybridized carbons (Fsp3) is 0.111. The van der Waals surface area contributed by atoms with Crippen LogP contribution in [0.4, 0.5) is 5.69 Å². The standard InChI is InChI=1S/C18H16ClN3O/c1-13-7-8-16(19)9-17(13)22-18(23)15(10-20)12-21-11-14-5-3-2-4-6-14/h2-9,12,21H,11H2,1H3,(H,22,23)/b15-12-. The number of halogens is 1. The lowest BCUT2D eigenvalue weighted by molar-refractivity contribution is -0.112. The summed E-state index contributed by atoms with van der Waals surface area (Å²) >= 11 is 5.92. The lowest BCUT2D eigenvalue weighted by Gasteiger charge is -2.08. The van der Waals surface area contributed by atoms with Crippen molar-refractivity contribution in [2.45, 2.75) is 13.5 Å². The summed E-state index contributed by atoms with van der Waals surface area (Å²) < 4.78 is 0. The average Bonchev–Trinajstić information content (AvgIpc) is 2.56. The molecule has 23 heavy (non-hydrogen) atoms. The zero-order valence-electron chi connectivity index (χ0n) is 12.6. The number of nitrogens with zero attached hydrogens (tertiary/aromatic N) is 1. The van der Waals surface area contributed by atoms with Gasteiger partial charge in [-0.15, -0.1) is 0 Å². The molecule has 1 amide bonds. The third-order valence-corrected chi connectivity index (χ3v) is 3.44. The molecule has 0 fully saturated rings. The van der Waals surface area contributed by atoms with Gasteiger partial charge in [0.05, 0.1) is 0 Å². The van der Waals surface area contributed by atoms with E-state index in [9.17, 15) is 4.79 Å². The highest BCUT2D eigenvalue weighted by molar-refractivity contribution is 6.31. The smallest absolute Gasteiger partial charge is 0.267 e. The second-order valence-electron chi connectivity index (χ2n) is 4.95. The van der Waals surface area contributed by atoms with E-state index in [-0.39, 0.29) is 5.57 Å². The van der Waals surface area contributed by atoms with Crippen molar-refractivity contribution in [2.75, 3.05) is 5.32 Å². The Labute approximate surface area is 140 Å². The second-order valence-corrected chi connectivity index (χ2v) is 5.39. The molecule has 0 unspecified atom stereocenters. The van der Waals surface area contributed by atoms with Crippen molar-refractivity contribution in [1.29, 1.82) is 5.26 Å². The van der Waals surface area contributed by atoms with E-state index < -0.39 is 5.91 Å². The topological polar surface area (TPSA) is 64.9 Å². The van der Waals surface area contributed by atoms with Crippen LogP contribution in [0.15, 0.2) is 60.3 Å². The number of nitrogens with one attached hydrogen (secondary N) is 2.